The number of amides is 2. The highest BCUT2D eigenvalue weighted by Crippen LogP contribution is 2.35. The van der Waals surface area contributed by atoms with Gasteiger partial charge >= 0.3 is 0 Å². The summed E-state index contributed by atoms with van der Waals surface area (Å²) in [6.45, 7) is 12.0. The molecule has 2 aromatic heterocycles. The predicted molar refractivity (Wildman–Crippen MR) is 184 cm³/mol. The summed E-state index contributed by atoms with van der Waals surface area (Å²) in [4.78, 5) is 35.4. The molecule has 3 heterocycles. The number of para-hydroxylation sites is 1. The summed E-state index contributed by atoms with van der Waals surface area (Å²) < 4.78 is 0. The number of hydrogen-bond donors (Lipinski definition) is 3. The lowest BCUT2D eigenvalue weighted by Gasteiger charge is -2.44. The summed E-state index contributed by atoms with van der Waals surface area (Å²) in [5.74, 6) is 0.546. The third-order valence-corrected chi connectivity index (χ3v) is 9.95. The Morgan fingerprint density at radius 3 is 2.26 bits per heavy atom. The summed E-state index contributed by atoms with van der Waals surface area (Å²) in [6.07, 6.45) is 6.47. The second-order valence-electron chi connectivity index (χ2n) is 13.0. The third-order valence-electron chi connectivity index (χ3n) is 9.95. The average molecular weight is 620 g/mol. The minimum Gasteiger partial charge on any atom is -0.508 e. The van der Waals surface area contributed by atoms with Gasteiger partial charge in [0.15, 0.2) is 0 Å². The number of aromatic nitrogens is 2. The molecule has 0 spiro atoms. The summed E-state index contributed by atoms with van der Waals surface area (Å²) in [7, 11) is 0. The quantitative estimate of drug-likeness (QED) is 0.168. The molecule has 240 valence electrons. The standard InChI is InChI=1S/C38H45N5O3/c1-24-16-29(17-25(2)26(24)3)22-41(27(4)44)23-32(18-31-20-39-37-9-7-6-8-34(31)37)43(28(5)45)42-14-12-30(13-15-42)36-21-40-38-11-10-33(46)19-35(36)38/h6-11,16-17,19-21,30,32,39-40,46H,12-15,18,22-23H2,1-5H3/t32-/m1/s1. The van der Waals surface area contributed by atoms with Crippen LogP contribution in [0, 0.1) is 20.8 Å². The largest absolute Gasteiger partial charge is 0.508 e. The molecule has 3 aromatic carbocycles. The molecule has 0 aliphatic carbocycles. The van der Waals surface area contributed by atoms with Gasteiger partial charge in [-0.25, -0.2) is 5.01 Å². The molecular formula is C38H45N5O3. The van der Waals surface area contributed by atoms with Crippen molar-refractivity contribution in [1.82, 2.24) is 24.9 Å². The molecule has 8 heteroatoms. The Bertz CT molecular complexity index is 1860. The van der Waals surface area contributed by atoms with Crippen molar-refractivity contribution in [3.8, 4) is 5.75 Å². The predicted octanol–water partition coefficient (Wildman–Crippen LogP) is 6.88. The third kappa shape index (κ3) is 6.40. The Hall–Kier alpha value is -4.56. The number of H-pyrrole nitrogens is 2. The van der Waals surface area contributed by atoms with Crippen LogP contribution in [-0.4, -0.2) is 67.5 Å². The van der Waals surface area contributed by atoms with E-state index in [1.54, 1.807) is 19.9 Å². The molecule has 0 unspecified atom stereocenters. The van der Waals surface area contributed by atoms with Gasteiger partial charge in [-0.3, -0.25) is 14.6 Å². The van der Waals surface area contributed by atoms with Crippen molar-refractivity contribution in [3.05, 3.63) is 100 Å². The van der Waals surface area contributed by atoms with E-state index in [9.17, 15) is 14.7 Å². The number of phenols is 1. The van der Waals surface area contributed by atoms with E-state index >= 15 is 0 Å². The molecule has 2 amide bonds. The van der Waals surface area contributed by atoms with Crippen molar-refractivity contribution in [3.63, 3.8) is 0 Å². The molecule has 1 saturated heterocycles. The molecular weight excluding hydrogens is 574 g/mol. The van der Waals surface area contributed by atoms with E-state index < -0.39 is 0 Å². The van der Waals surface area contributed by atoms with Crippen LogP contribution in [0.4, 0.5) is 0 Å². The van der Waals surface area contributed by atoms with Crippen molar-refractivity contribution in [2.24, 2.45) is 0 Å². The van der Waals surface area contributed by atoms with Gasteiger partial charge in [0.05, 0.1) is 6.04 Å². The van der Waals surface area contributed by atoms with E-state index in [4.69, 9.17) is 0 Å². The molecule has 46 heavy (non-hydrogen) atoms. The highest BCUT2D eigenvalue weighted by molar-refractivity contribution is 5.85. The molecule has 1 atom stereocenters. The summed E-state index contributed by atoms with van der Waals surface area (Å²) >= 11 is 0. The van der Waals surface area contributed by atoms with E-state index in [1.165, 1.54) is 22.3 Å². The number of hydrogen-bond acceptors (Lipinski definition) is 4. The van der Waals surface area contributed by atoms with Crippen LogP contribution in [-0.2, 0) is 22.6 Å². The normalized spacial score (nSPS) is 15.0. The average Bonchev–Trinajstić information content (AvgIpc) is 3.63. The zero-order valence-electron chi connectivity index (χ0n) is 27.6. The zero-order chi connectivity index (χ0) is 32.5. The Kier molecular flexibility index (Phi) is 8.91. The Balaban J connectivity index is 1.28. The van der Waals surface area contributed by atoms with Gasteiger partial charge in [-0.05, 0) is 104 Å². The number of piperidine rings is 1. The van der Waals surface area contributed by atoms with Crippen molar-refractivity contribution in [2.45, 2.75) is 72.4 Å². The maximum absolute atomic E-state index is 13.6. The molecule has 1 fully saturated rings. The van der Waals surface area contributed by atoms with Crippen molar-refractivity contribution >= 4 is 33.6 Å². The van der Waals surface area contributed by atoms with Crippen LogP contribution in [0.2, 0.25) is 0 Å². The van der Waals surface area contributed by atoms with Crippen LogP contribution >= 0.6 is 0 Å². The van der Waals surface area contributed by atoms with Crippen LogP contribution < -0.4 is 0 Å². The molecule has 1 aliphatic heterocycles. The number of benzene rings is 3. The molecule has 0 bridgehead atoms. The van der Waals surface area contributed by atoms with E-state index in [-0.39, 0.29) is 23.6 Å². The van der Waals surface area contributed by atoms with Crippen LogP contribution in [0.5, 0.6) is 5.75 Å². The fourth-order valence-electron chi connectivity index (χ4n) is 7.33. The van der Waals surface area contributed by atoms with Crippen LogP contribution in [0.3, 0.4) is 0 Å². The van der Waals surface area contributed by atoms with E-state index in [2.05, 4.69) is 66.2 Å². The molecule has 5 aromatic rings. The highest BCUT2D eigenvalue weighted by atomic mass is 16.3. The van der Waals surface area contributed by atoms with Crippen LogP contribution in [0.15, 0.2) is 67.0 Å². The lowest BCUT2D eigenvalue weighted by Crippen LogP contribution is -2.57. The topological polar surface area (TPSA) is 95.7 Å². The van der Waals surface area contributed by atoms with Crippen molar-refractivity contribution in [1.29, 1.82) is 0 Å². The smallest absolute Gasteiger partial charge is 0.234 e. The number of carbonyl (C=O) groups is 2. The fourth-order valence-corrected chi connectivity index (χ4v) is 7.33. The molecule has 6 rings (SSSR count). The maximum Gasteiger partial charge on any atom is 0.234 e. The summed E-state index contributed by atoms with van der Waals surface area (Å²) in [5.41, 5.74) is 9.22. The number of aromatic hydroxyl groups is 1. The van der Waals surface area contributed by atoms with Gasteiger partial charge < -0.3 is 20.0 Å². The summed E-state index contributed by atoms with van der Waals surface area (Å²) in [5, 5.41) is 16.4. The van der Waals surface area contributed by atoms with Gasteiger partial charge in [-0.2, -0.15) is 0 Å². The zero-order valence-corrected chi connectivity index (χ0v) is 27.6. The molecule has 1 aliphatic rings. The second-order valence-corrected chi connectivity index (χ2v) is 13.0. The van der Waals surface area contributed by atoms with Gasteiger partial charge in [-0.1, -0.05) is 30.3 Å². The van der Waals surface area contributed by atoms with Gasteiger partial charge in [0, 0.05) is 74.2 Å². The molecule has 0 radical (unpaired) electrons. The first-order valence-corrected chi connectivity index (χ1v) is 16.3. The van der Waals surface area contributed by atoms with Crippen molar-refractivity contribution < 1.29 is 14.7 Å². The second kappa shape index (κ2) is 13.0. The van der Waals surface area contributed by atoms with Gasteiger partial charge in [0.1, 0.15) is 5.75 Å². The number of nitrogens with one attached hydrogen (secondary N) is 2. The molecule has 3 N–H and O–H groups in total. The van der Waals surface area contributed by atoms with E-state index in [0.717, 1.165) is 58.9 Å². The number of fused-ring (bicyclic) bond motifs is 2. The summed E-state index contributed by atoms with van der Waals surface area (Å²) in [6, 6.07) is 17.8. The number of phenolic OH excluding ortho intramolecular Hbond substituents is 1. The number of rotatable bonds is 9. The number of aryl methyl sites for hydroxylation is 2. The van der Waals surface area contributed by atoms with E-state index in [0.29, 0.717) is 25.4 Å². The molecule has 8 nitrogen and oxygen atoms in total. The number of nitrogens with zero attached hydrogens (tertiary/aromatic N) is 3. The lowest BCUT2D eigenvalue weighted by atomic mass is 9.89. The van der Waals surface area contributed by atoms with Crippen LogP contribution in [0.25, 0.3) is 21.8 Å². The number of hydrazine groups is 1. The Labute approximate surface area is 271 Å². The number of carbonyl (C=O) groups excluding carboxylic acids is 2. The first kappa shape index (κ1) is 31.4. The van der Waals surface area contributed by atoms with Crippen molar-refractivity contribution in [2.75, 3.05) is 19.6 Å². The lowest BCUT2D eigenvalue weighted by molar-refractivity contribution is -0.158. The minimum absolute atomic E-state index is 0.00962. The van der Waals surface area contributed by atoms with E-state index in [1.807, 2.05) is 40.4 Å². The minimum atomic E-state index is -0.255. The Morgan fingerprint density at radius 2 is 1.57 bits per heavy atom. The first-order valence-electron chi connectivity index (χ1n) is 16.3. The number of aromatic amines is 2. The Morgan fingerprint density at radius 1 is 0.891 bits per heavy atom. The SMILES string of the molecule is CC(=O)N(Cc1cc(C)c(C)c(C)c1)C[C@@H](Cc1c[nH]c2ccccc12)N(C(C)=O)N1CCC(c2c[nH]c3ccc(O)cc23)CC1. The highest BCUT2D eigenvalue weighted by Gasteiger charge is 2.34. The van der Waals surface area contributed by atoms with Crippen LogP contribution in [0.1, 0.15) is 66.0 Å². The monoisotopic (exact) mass is 619 g/mol. The maximum atomic E-state index is 13.6. The van der Waals surface area contributed by atoms with Gasteiger partial charge in [0.2, 0.25) is 11.8 Å². The molecule has 0 saturated carbocycles. The fraction of sp³-hybridized carbons (Fsp3) is 0.368. The first-order chi connectivity index (χ1) is 22.1. The van der Waals surface area contributed by atoms with Gasteiger partial charge in [0.25, 0.3) is 0 Å². The van der Waals surface area contributed by atoms with Gasteiger partial charge in [-0.15, -0.1) is 0 Å².